The molecule has 2 unspecified atom stereocenters. The fraction of sp³-hybridized carbons (Fsp3) is 0.267. The Morgan fingerprint density at radius 2 is 2.05 bits per heavy atom. The van der Waals surface area contributed by atoms with E-state index in [1.807, 2.05) is 12.1 Å². The molecular formula is C15H15ClN2S2. The predicted molar refractivity (Wildman–Crippen MR) is 90.0 cm³/mol. The van der Waals surface area contributed by atoms with Gasteiger partial charge in [-0.2, -0.15) is 0 Å². The van der Waals surface area contributed by atoms with Gasteiger partial charge in [-0.15, -0.1) is 11.3 Å². The molecule has 2 aromatic rings. The highest BCUT2D eigenvalue weighted by molar-refractivity contribution is 8.14. The Morgan fingerprint density at radius 1 is 1.25 bits per heavy atom. The quantitative estimate of drug-likeness (QED) is 0.869. The van der Waals surface area contributed by atoms with Gasteiger partial charge in [-0.1, -0.05) is 53.7 Å². The van der Waals surface area contributed by atoms with Crippen molar-refractivity contribution in [1.29, 1.82) is 0 Å². The summed E-state index contributed by atoms with van der Waals surface area (Å²) in [5, 5.41) is 4.50. The van der Waals surface area contributed by atoms with E-state index in [1.165, 1.54) is 10.4 Å². The van der Waals surface area contributed by atoms with Gasteiger partial charge in [0.05, 0.1) is 16.4 Å². The first-order chi connectivity index (χ1) is 9.72. The molecule has 0 spiro atoms. The molecule has 3 rings (SSSR count). The average Bonchev–Trinajstić information content (AvgIpc) is 3.09. The Bertz CT molecular complexity index is 609. The van der Waals surface area contributed by atoms with Crippen LogP contribution in [0.1, 0.15) is 29.4 Å². The molecule has 2 heterocycles. The molecule has 104 valence electrons. The lowest BCUT2D eigenvalue weighted by Crippen LogP contribution is -2.22. The second kappa shape index (κ2) is 6.20. The molecule has 2 nitrogen and oxygen atoms in total. The van der Waals surface area contributed by atoms with Gasteiger partial charge >= 0.3 is 0 Å². The van der Waals surface area contributed by atoms with Crippen LogP contribution in [0.25, 0.3) is 0 Å². The molecule has 0 amide bonds. The van der Waals surface area contributed by atoms with Crippen molar-refractivity contribution in [1.82, 2.24) is 5.32 Å². The molecule has 1 aromatic carbocycles. The summed E-state index contributed by atoms with van der Waals surface area (Å²) in [5.74, 6) is 1.00. The van der Waals surface area contributed by atoms with Gasteiger partial charge < -0.3 is 5.32 Å². The van der Waals surface area contributed by atoms with Crippen LogP contribution in [0.4, 0.5) is 0 Å². The summed E-state index contributed by atoms with van der Waals surface area (Å²) >= 11 is 9.38. The van der Waals surface area contributed by atoms with Gasteiger partial charge in [-0.3, -0.25) is 4.99 Å². The molecule has 20 heavy (non-hydrogen) atoms. The first-order valence-electron chi connectivity index (χ1n) is 6.49. The molecule has 0 saturated heterocycles. The zero-order chi connectivity index (χ0) is 13.9. The highest BCUT2D eigenvalue weighted by atomic mass is 35.5. The fourth-order valence-corrected chi connectivity index (χ4v) is 4.22. The van der Waals surface area contributed by atoms with Gasteiger partial charge in [-0.05, 0) is 24.6 Å². The molecular weight excluding hydrogens is 308 g/mol. The van der Waals surface area contributed by atoms with Crippen LogP contribution in [0, 0.1) is 0 Å². The number of halogens is 1. The van der Waals surface area contributed by atoms with Crippen molar-refractivity contribution in [3.05, 3.63) is 57.2 Å². The van der Waals surface area contributed by atoms with Crippen molar-refractivity contribution >= 4 is 39.9 Å². The molecule has 1 aliphatic heterocycles. The van der Waals surface area contributed by atoms with E-state index in [1.54, 1.807) is 23.1 Å². The number of nitrogens with one attached hydrogen (secondary N) is 1. The van der Waals surface area contributed by atoms with Crippen molar-refractivity contribution in [2.24, 2.45) is 4.99 Å². The maximum absolute atomic E-state index is 5.98. The zero-order valence-electron chi connectivity index (χ0n) is 11.0. The van der Waals surface area contributed by atoms with Crippen LogP contribution >= 0.6 is 34.7 Å². The highest BCUT2D eigenvalue weighted by Gasteiger charge is 2.21. The van der Waals surface area contributed by atoms with E-state index < -0.39 is 0 Å². The van der Waals surface area contributed by atoms with Gasteiger partial charge in [0.15, 0.2) is 5.17 Å². The van der Waals surface area contributed by atoms with E-state index >= 15 is 0 Å². The summed E-state index contributed by atoms with van der Waals surface area (Å²) in [4.78, 5) is 6.01. The summed E-state index contributed by atoms with van der Waals surface area (Å²) in [6, 6.07) is 15.0. The van der Waals surface area contributed by atoms with Crippen LogP contribution in [-0.4, -0.2) is 10.9 Å². The van der Waals surface area contributed by atoms with Gasteiger partial charge in [0.2, 0.25) is 0 Å². The number of aliphatic imine (C=N–C) groups is 1. The zero-order valence-corrected chi connectivity index (χ0v) is 13.4. The summed E-state index contributed by atoms with van der Waals surface area (Å²) in [6.45, 7) is 2.14. The lowest BCUT2D eigenvalue weighted by atomic mass is 10.1. The Hall–Kier alpha value is -0.970. The largest absolute Gasteiger partial charge is 0.358 e. The third kappa shape index (κ3) is 3.19. The fourth-order valence-electron chi connectivity index (χ4n) is 2.12. The monoisotopic (exact) mass is 322 g/mol. The molecule has 0 aliphatic carbocycles. The minimum absolute atomic E-state index is 0.244. The van der Waals surface area contributed by atoms with Crippen LogP contribution in [0.3, 0.4) is 0 Å². The minimum Gasteiger partial charge on any atom is -0.358 e. The van der Waals surface area contributed by atoms with Gasteiger partial charge in [0.25, 0.3) is 0 Å². The molecule has 1 aliphatic rings. The van der Waals surface area contributed by atoms with E-state index in [2.05, 4.69) is 42.6 Å². The number of thiophene rings is 1. The number of thioether (sulfide) groups is 1. The SMILES string of the molecule is CC(NC1=NC(c2ccccc2)CS1)c1ccc(Cl)s1. The van der Waals surface area contributed by atoms with Crippen molar-refractivity contribution in [2.45, 2.75) is 19.0 Å². The normalized spacial score (nSPS) is 19.7. The number of amidine groups is 1. The van der Waals surface area contributed by atoms with Crippen LogP contribution in [-0.2, 0) is 0 Å². The third-order valence-electron chi connectivity index (χ3n) is 3.20. The first-order valence-corrected chi connectivity index (χ1v) is 8.67. The lowest BCUT2D eigenvalue weighted by molar-refractivity contribution is 0.731. The maximum Gasteiger partial charge on any atom is 0.157 e. The summed E-state index contributed by atoms with van der Waals surface area (Å²) < 4.78 is 0.830. The Balaban J connectivity index is 1.67. The number of rotatable bonds is 3. The average molecular weight is 323 g/mol. The molecule has 0 saturated carbocycles. The molecule has 0 bridgehead atoms. The van der Waals surface area contributed by atoms with E-state index in [-0.39, 0.29) is 12.1 Å². The minimum atomic E-state index is 0.244. The molecule has 0 radical (unpaired) electrons. The van der Waals surface area contributed by atoms with Crippen molar-refractivity contribution in [2.75, 3.05) is 5.75 Å². The van der Waals surface area contributed by atoms with Crippen molar-refractivity contribution < 1.29 is 0 Å². The Labute approximate surface area is 132 Å². The standard InChI is InChI=1S/C15H15ClN2S2/c1-10(13-7-8-14(16)20-13)17-15-18-12(9-19-15)11-5-3-2-4-6-11/h2-8,10,12H,9H2,1H3,(H,17,18). The van der Waals surface area contributed by atoms with Crippen LogP contribution < -0.4 is 5.32 Å². The maximum atomic E-state index is 5.98. The van der Waals surface area contributed by atoms with Crippen molar-refractivity contribution in [3.63, 3.8) is 0 Å². The van der Waals surface area contributed by atoms with Gasteiger partial charge in [0, 0.05) is 10.6 Å². The number of hydrogen-bond acceptors (Lipinski definition) is 4. The second-order valence-electron chi connectivity index (χ2n) is 4.68. The van der Waals surface area contributed by atoms with Crippen molar-refractivity contribution in [3.8, 4) is 0 Å². The smallest absolute Gasteiger partial charge is 0.157 e. The molecule has 1 aromatic heterocycles. The number of benzene rings is 1. The topological polar surface area (TPSA) is 24.4 Å². The second-order valence-corrected chi connectivity index (χ2v) is 7.44. The van der Waals surface area contributed by atoms with E-state index in [0.29, 0.717) is 0 Å². The predicted octanol–water partition coefficient (Wildman–Crippen LogP) is 4.90. The molecule has 1 N–H and O–H groups in total. The molecule has 2 atom stereocenters. The van der Waals surface area contributed by atoms with E-state index in [9.17, 15) is 0 Å². The van der Waals surface area contributed by atoms with Gasteiger partial charge in [0.1, 0.15) is 0 Å². The third-order valence-corrected chi connectivity index (χ3v) is 5.59. The van der Waals surface area contributed by atoms with Gasteiger partial charge in [-0.25, -0.2) is 0 Å². The van der Waals surface area contributed by atoms with Crippen LogP contribution in [0.5, 0.6) is 0 Å². The Morgan fingerprint density at radius 3 is 2.75 bits per heavy atom. The summed E-state index contributed by atoms with van der Waals surface area (Å²) in [7, 11) is 0. The molecule has 5 heteroatoms. The van der Waals surface area contributed by atoms with Crippen LogP contribution in [0.2, 0.25) is 4.34 Å². The number of hydrogen-bond donors (Lipinski definition) is 1. The highest BCUT2D eigenvalue weighted by Crippen LogP contribution is 2.32. The van der Waals surface area contributed by atoms with Crippen LogP contribution in [0.15, 0.2) is 47.5 Å². The molecule has 0 fully saturated rings. The Kier molecular flexibility index (Phi) is 4.34. The van der Waals surface area contributed by atoms with E-state index in [4.69, 9.17) is 16.6 Å². The van der Waals surface area contributed by atoms with E-state index in [0.717, 1.165) is 15.3 Å². The lowest BCUT2D eigenvalue weighted by Gasteiger charge is -2.12. The summed E-state index contributed by atoms with van der Waals surface area (Å²) in [5.41, 5.74) is 1.28. The first kappa shape index (κ1) is 14.0. The number of nitrogens with zero attached hydrogens (tertiary/aromatic N) is 1. The summed E-state index contributed by atoms with van der Waals surface area (Å²) in [6.07, 6.45) is 0.